The molecule has 2 heterocycles. The Morgan fingerprint density at radius 1 is 1.35 bits per heavy atom. The number of carbonyl (C=O) groups excluding carboxylic acids is 3. The highest BCUT2D eigenvalue weighted by Crippen LogP contribution is 2.33. The molecule has 3 amide bonds. The highest BCUT2D eigenvalue weighted by molar-refractivity contribution is 7.80. The summed E-state index contributed by atoms with van der Waals surface area (Å²) in [6.45, 7) is 5.73. The van der Waals surface area contributed by atoms with Gasteiger partial charge in [-0.2, -0.15) is 5.01 Å². The van der Waals surface area contributed by atoms with Crippen molar-refractivity contribution < 1.29 is 19.1 Å². The van der Waals surface area contributed by atoms with Gasteiger partial charge in [0.15, 0.2) is 5.11 Å². The van der Waals surface area contributed by atoms with Crippen LogP contribution in [-0.4, -0.2) is 51.0 Å². The number of hydrazine groups is 1. The lowest BCUT2D eigenvalue weighted by atomic mass is 10.00. The van der Waals surface area contributed by atoms with E-state index in [0.717, 1.165) is 0 Å². The van der Waals surface area contributed by atoms with Crippen LogP contribution in [0.25, 0.3) is 0 Å². The van der Waals surface area contributed by atoms with Gasteiger partial charge in [0.2, 0.25) is 17.7 Å². The van der Waals surface area contributed by atoms with Crippen LogP contribution in [0.2, 0.25) is 0 Å². The zero-order chi connectivity index (χ0) is 19.1. The number of rotatable bonds is 4. The van der Waals surface area contributed by atoms with E-state index in [1.165, 1.54) is 10.0 Å². The minimum Gasteiger partial charge on any atom is -0.494 e. The second-order valence-electron chi connectivity index (χ2n) is 6.53. The molecule has 2 saturated heterocycles. The fraction of sp³-hybridized carbons (Fsp3) is 0.412. The van der Waals surface area contributed by atoms with Gasteiger partial charge in [0, 0.05) is 5.69 Å². The van der Waals surface area contributed by atoms with E-state index in [2.05, 4.69) is 10.6 Å². The van der Waals surface area contributed by atoms with Gasteiger partial charge in [0.25, 0.3) is 0 Å². The van der Waals surface area contributed by atoms with Crippen molar-refractivity contribution in [1.29, 1.82) is 0 Å². The lowest BCUT2D eigenvalue weighted by Crippen LogP contribution is -2.71. The average Bonchev–Trinajstić information content (AvgIpc) is 2.94. The van der Waals surface area contributed by atoms with E-state index in [1.54, 1.807) is 38.1 Å². The van der Waals surface area contributed by atoms with Crippen LogP contribution in [-0.2, 0) is 14.4 Å². The van der Waals surface area contributed by atoms with Gasteiger partial charge < -0.3 is 10.1 Å². The molecule has 3 rings (SSSR count). The van der Waals surface area contributed by atoms with Gasteiger partial charge in [-0.3, -0.25) is 19.7 Å². The van der Waals surface area contributed by atoms with Crippen molar-refractivity contribution in [2.24, 2.45) is 0 Å². The molecule has 26 heavy (non-hydrogen) atoms. The molecule has 0 unspecified atom stereocenters. The molecule has 0 saturated carbocycles. The molecule has 2 aliphatic heterocycles. The van der Waals surface area contributed by atoms with Crippen molar-refractivity contribution in [2.45, 2.75) is 38.8 Å². The Kier molecular flexibility index (Phi) is 4.68. The van der Waals surface area contributed by atoms with Crippen molar-refractivity contribution in [2.75, 3.05) is 11.9 Å². The van der Waals surface area contributed by atoms with Gasteiger partial charge in [0.05, 0.1) is 13.0 Å². The summed E-state index contributed by atoms with van der Waals surface area (Å²) in [4.78, 5) is 37.4. The van der Waals surface area contributed by atoms with Gasteiger partial charge in [-0.15, -0.1) is 0 Å². The van der Waals surface area contributed by atoms with Crippen LogP contribution in [0.3, 0.4) is 0 Å². The molecule has 0 bridgehead atoms. The number of ether oxygens (including phenoxy) is 1. The van der Waals surface area contributed by atoms with E-state index in [9.17, 15) is 14.4 Å². The minimum absolute atomic E-state index is 0.00399. The van der Waals surface area contributed by atoms with Crippen LogP contribution < -0.4 is 15.4 Å². The topological polar surface area (TPSA) is 91.0 Å². The van der Waals surface area contributed by atoms with Crippen molar-refractivity contribution in [3.05, 3.63) is 24.3 Å². The molecular formula is C17H20N4O4S. The predicted molar refractivity (Wildman–Crippen MR) is 98.2 cm³/mol. The maximum absolute atomic E-state index is 12.8. The summed E-state index contributed by atoms with van der Waals surface area (Å²) >= 11 is 5.09. The summed E-state index contributed by atoms with van der Waals surface area (Å²) in [6, 6.07) is 6.11. The lowest BCUT2D eigenvalue weighted by Gasteiger charge is -2.45. The molecule has 2 N–H and O–H groups in total. The maximum Gasteiger partial charge on any atom is 0.248 e. The molecule has 0 aliphatic carbocycles. The number of nitrogens with zero attached hydrogens (tertiary/aromatic N) is 2. The Bertz CT molecular complexity index is 777. The van der Waals surface area contributed by atoms with E-state index in [4.69, 9.17) is 17.0 Å². The Morgan fingerprint density at radius 3 is 2.62 bits per heavy atom. The number of benzene rings is 1. The first-order valence-electron chi connectivity index (χ1n) is 8.27. The van der Waals surface area contributed by atoms with Gasteiger partial charge >= 0.3 is 0 Å². The molecular weight excluding hydrogens is 356 g/mol. The lowest BCUT2D eigenvalue weighted by molar-refractivity contribution is -0.154. The number of hydrogen-bond acceptors (Lipinski definition) is 6. The fourth-order valence-electron chi connectivity index (χ4n) is 3.09. The number of carbonyl (C=O) groups is 3. The Morgan fingerprint density at radius 2 is 2.00 bits per heavy atom. The summed E-state index contributed by atoms with van der Waals surface area (Å²) in [6.07, 6.45) is -0.0542. The average molecular weight is 376 g/mol. The second-order valence-corrected chi connectivity index (χ2v) is 6.92. The molecule has 0 radical (unpaired) electrons. The van der Waals surface area contributed by atoms with Crippen LogP contribution in [0.1, 0.15) is 27.2 Å². The SMILES string of the molecule is CCOc1ccc(NC(=O)[C@@H]2CC(=O)N3C(=S)NC(=O)C(C)(C)N23)cc1. The third-order valence-corrected chi connectivity index (χ3v) is 4.67. The fourth-order valence-corrected chi connectivity index (χ4v) is 3.37. The van der Waals surface area contributed by atoms with Crippen LogP contribution in [0.4, 0.5) is 5.69 Å². The third-order valence-electron chi connectivity index (χ3n) is 4.39. The molecule has 1 aromatic rings. The van der Waals surface area contributed by atoms with Crippen molar-refractivity contribution in [1.82, 2.24) is 15.3 Å². The predicted octanol–water partition coefficient (Wildman–Crippen LogP) is 1.03. The summed E-state index contributed by atoms with van der Waals surface area (Å²) in [5, 5.41) is 7.96. The highest BCUT2D eigenvalue weighted by atomic mass is 32.1. The normalized spacial score (nSPS) is 22.0. The standard InChI is InChI=1S/C17H20N4O4S/c1-4-25-11-7-5-10(6-8-11)18-14(23)12-9-13(22)20-16(26)19-15(24)17(2,3)21(12)20/h5-8,12H,4,9H2,1-3H3,(H,18,23)(H,19,24,26)/t12-/m0/s1. The highest BCUT2D eigenvalue weighted by Gasteiger charge is 2.56. The first-order valence-corrected chi connectivity index (χ1v) is 8.68. The number of amides is 3. The molecule has 9 heteroatoms. The summed E-state index contributed by atoms with van der Waals surface area (Å²) in [5.41, 5.74) is -0.513. The van der Waals surface area contributed by atoms with Gasteiger partial charge in [-0.1, -0.05) is 0 Å². The Hall–Kier alpha value is -2.52. The summed E-state index contributed by atoms with van der Waals surface area (Å²) in [7, 11) is 0. The number of fused-ring (bicyclic) bond motifs is 1. The first-order chi connectivity index (χ1) is 12.3. The van der Waals surface area contributed by atoms with Gasteiger partial charge in [0.1, 0.15) is 17.3 Å². The molecule has 138 valence electrons. The zero-order valence-electron chi connectivity index (χ0n) is 14.7. The van der Waals surface area contributed by atoms with E-state index in [-0.39, 0.29) is 29.3 Å². The molecule has 1 atom stereocenters. The van der Waals surface area contributed by atoms with Crippen LogP contribution in [0.5, 0.6) is 5.75 Å². The largest absolute Gasteiger partial charge is 0.494 e. The molecule has 0 aromatic heterocycles. The number of nitrogens with one attached hydrogen (secondary N) is 2. The summed E-state index contributed by atoms with van der Waals surface area (Å²) in [5.74, 6) is -0.357. The number of hydrogen-bond donors (Lipinski definition) is 2. The molecule has 1 aromatic carbocycles. The maximum atomic E-state index is 12.8. The number of anilines is 1. The van der Waals surface area contributed by atoms with Crippen LogP contribution in [0, 0.1) is 0 Å². The van der Waals surface area contributed by atoms with Crippen molar-refractivity contribution in [3.8, 4) is 5.75 Å². The van der Waals surface area contributed by atoms with E-state index >= 15 is 0 Å². The van der Waals surface area contributed by atoms with E-state index in [0.29, 0.717) is 18.0 Å². The van der Waals surface area contributed by atoms with Crippen molar-refractivity contribution in [3.63, 3.8) is 0 Å². The molecule has 2 aliphatic rings. The zero-order valence-corrected chi connectivity index (χ0v) is 15.6. The van der Waals surface area contributed by atoms with Crippen LogP contribution >= 0.6 is 12.2 Å². The minimum atomic E-state index is -1.09. The van der Waals surface area contributed by atoms with Crippen LogP contribution in [0.15, 0.2) is 24.3 Å². The van der Waals surface area contributed by atoms with E-state index < -0.39 is 11.6 Å². The Labute approximate surface area is 156 Å². The van der Waals surface area contributed by atoms with Gasteiger partial charge in [-0.05, 0) is 57.3 Å². The summed E-state index contributed by atoms with van der Waals surface area (Å²) < 4.78 is 5.37. The monoisotopic (exact) mass is 376 g/mol. The second kappa shape index (κ2) is 6.65. The third kappa shape index (κ3) is 3.04. The molecule has 2 fully saturated rings. The quantitative estimate of drug-likeness (QED) is 0.763. The smallest absolute Gasteiger partial charge is 0.248 e. The Balaban J connectivity index is 1.81. The first kappa shape index (κ1) is 18.3. The number of thiocarbonyl (C=S) groups is 1. The van der Waals surface area contributed by atoms with Crippen molar-refractivity contribution >= 4 is 40.7 Å². The van der Waals surface area contributed by atoms with Gasteiger partial charge in [-0.25, -0.2) is 5.01 Å². The van der Waals surface area contributed by atoms with E-state index in [1.807, 2.05) is 6.92 Å². The molecule has 8 nitrogen and oxygen atoms in total. The molecule has 0 spiro atoms.